The van der Waals surface area contributed by atoms with Crippen LogP contribution in [0.25, 0.3) is 16.9 Å². The zero-order valence-electron chi connectivity index (χ0n) is 15.7. The first-order valence-electron chi connectivity index (χ1n) is 9.30. The summed E-state index contributed by atoms with van der Waals surface area (Å²) >= 11 is 0. The molecule has 0 radical (unpaired) electrons. The van der Waals surface area contributed by atoms with Gasteiger partial charge in [0.15, 0.2) is 5.69 Å². The zero-order chi connectivity index (χ0) is 20.3. The summed E-state index contributed by atoms with van der Waals surface area (Å²) in [5.74, 6) is 5.25. The lowest BCUT2D eigenvalue weighted by Crippen LogP contribution is -2.41. The first-order valence-corrected chi connectivity index (χ1v) is 9.30. The Morgan fingerprint density at radius 2 is 2.14 bits per heavy atom. The van der Waals surface area contributed by atoms with E-state index in [1.165, 1.54) is 0 Å². The minimum atomic E-state index is -1.62. The highest BCUT2D eigenvalue weighted by Crippen LogP contribution is 2.50. The number of imidazole rings is 1. The number of likely N-dealkylation sites (tertiary alicyclic amines) is 1. The lowest BCUT2D eigenvalue weighted by atomic mass is 9.98. The predicted octanol–water partition coefficient (Wildman–Crippen LogP) is 1.04. The molecule has 144 valence electrons. The molecular weight excluding hydrogens is 368 g/mol. The van der Waals surface area contributed by atoms with Gasteiger partial charge in [-0.25, -0.2) is 4.98 Å². The Labute approximate surface area is 166 Å². The van der Waals surface area contributed by atoms with Crippen molar-refractivity contribution < 1.29 is 14.7 Å². The van der Waals surface area contributed by atoms with Crippen molar-refractivity contribution >= 4 is 17.3 Å². The zero-order valence-corrected chi connectivity index (χ0v) is 15.7. The van der Waals surface area contributed by atoms with Crippen LogP contribution in [-0.2, 0) is 4.79 Å². The molecule has 3 atom stereocenters. The van der Waals surface area contributed by atoms with Crippen molar-refractivity contribution in [1.82, 2.24) is 14.3 Å². The summed E-state index contributed by atoms with van der Waals surface area (Å²) < 4.78 is 1.80. The summed E-state index contributed by atoms with van der Waals surface area (Å²) in [5, 5.41) is 10.8. The Morgan fingerprint density at radius 3 is 2.86 bits per heavy atom. The standard InChI is InChI=1S/C22H18N4O3/c1-25-17-12-15(17)22(29,21(25)28)9-8-13-5-4-6-14(11-13)20-24-18(19(23)27)16-7-2-3-10-26(16)20/h2-7,10-11,15,17,29H,12H2,1H3,(H2,23,27)/t15-,17?,22+/m1/s1. The van der Waals surface area contributed by atoms with E-state index in [0.717, 1.165) is 12.0 Å². The molecule has 2 amide bonds. The van der Waals surface area contributed by atoms with E-state index in [4.69, 9.17) is 5.73 Å². The molecule has 0 bridgehead atoms. The SMILES string of the molecule is CN1C(=O)[C@](O)(C#Cc2cccc(-c3nc(C(N)=O)c4ccccn34)c2)[C@@H]2CC21. The molecule has 1 aliphatic carbocycles. The number of rotatable bonds is 2. The number of piperidine rings is 1. The number of primary amides is 1. The topological polar surface area (TPSA) is 101 Å². The molecule has 5 rings (SSSR count). The molecule has 3 N–H and O–H groups in total. The molecule has 3 heterocycles. The van der Waals surface area contributed by atoms with E-state index in [1.54, 1.807) is 28.5 Å². The van der Waals surface area contributed by atoms with Crippen molar-refractivity contribution in [3.63, 3.8) is 0 Å². The predicted molar refractivity (Wildman–Crippen MR) is 106 cm³/mol. The number of aliphatic hydroxyl groups is 1. The monoisotopic (exact) mass is 386 g/mol. The van der Waals surface area contributed by atoms with Crippen molar-refractivity contribution in [1.29, 1.82) is 0 Å². The van der Waals surface area contributed by atoms with Crippen LogP contribution < -0.4 is 5.73 Å². The van der Waals surface area contributed by atoms with Gasteiger partial charge in [0, 0.05) is 36.3 Å². The Hall–Kier alpha value is -3.63. The van der Waals surface area contributed by atoms with Crippen LogP contribution in [-0.4, -0.2) is 49.9 Å². The number of carbonyl (C=O) groups excluding carboxylic acids is 2. The number of benzene rings is 1. The van der Waals surface area contributed by atoms with Gasteiger partial charge in [-0.15, -0.1) is 0 Å². The summed E-state index contributed by atoms with van der Waals surface area (Å²) in [4.78, 5) is 30.1. The number of carbonyl (C=O) groups is 2. The highest BCUT2D eigenvalue weighted by molar-refractivity contribution is 5.99. The van der Waals surface area contributed by atoms with Gasteiger partial charge in [0.25, 0.3) is 11.8 Å². The van der Waals surface area contributed by atoms with Gasteiger partial charge in [-0.2, -0.15) is 0 Å². The van der Waals surface area contributed by atoms with Crippen LogP contribution >= 0.6 is 0 Å². The van der Waals surface area contributed by atoms with Crippen LogP contribution in [0.15, 0.2) is 48.7 Å². The molecule has 0 spiro atoms. The largest absolute Gasteiger partial charge is 0.369 e. The van der Waals surface area contributed by atoms with E-state index in [0.29, 0.717) is 16.9 Å². The lowest BCUT2D eigenvalue weighted by Gasteiger charge is -2.18. The normalized spacial score (nSPS) is 24.9. The molecule has 2 aromatic heterocycles. The van der Waals surface area contributed by atoms with Gasteiger partial charge >= 0.3 is 0 Å². The summed E-state index contributed by atoms with van der Waals surface area (Å²) in [5.41, 5.74) is 6.07. The van der Waals surface area contributed by atoms with Crippen molar-refractivity contribution in [2.45, 2.75) is 18.1 Å². The van der Waals surface area contributed by atoms with Crippen LogP contribution in [0.1, 0.15) is 22.5 Å². The summed E-state index contributed by atoms with van der Waals surface area (Å²) in [7, 11) is 1.70. The lowest BCUT2D eigenvalue weighted by molar-refractivity contribution is -0.140. The number of amides is 2. The average molecular weight is 386 g/mol. The van der Waals surface area contributed by atoms with E-state index in [-0.39, 0.29) is 23.6 Å². The molecule has 7 heteroatoms. The third-order valence-corrected chi connectivity index (χ3v) is 5.74. The van der Waals surface area contributed by atoms with Crippen LogP contribution in [0.2, 0.25) is 0 Å². The number of hydrogen-bond acceptors (Lipinski definition) is 4. The Balaban J connectivity index is 1.55. The number of aromatic nitrogens is 2. The molecule has 1 aliphatic heterocycles. The molecule has 1 saturated heterocycles. The fraction of sp³-hybridized carbons (Fsp3) is 0.227. The number of nitrogens with zero attached hydrogens (tertiary/aromatic N) is 3. The second kappa shape index (κ2) is 5.93. The molecule has 1 saturated carbocycles. The molecular formula is C22H18N4O3. The van der Waals surface area contributed by atoms with Crippen molar-refractivity contribution in [2.75, 3.05) is 7.05 Å². The van der Waals surface area contributed by atoms with Crippen molar-refractivity contribution in [3.8, 4) is 23.2 Å². The van der Waals surface area contributed by atoms with E-state index in [2.05, 4.69) is 16.8 Å². The second-order valence-corrected chi connectivity index (χ2v) is 7.53. The van der Waals surface area contributed by atoms with Crippen LogP contribution in [0.4, 0.5) is 0 Å². The molecule has 7 nitrogen and oxygen atoms in total. The van der Waals surface area contributed by atoms with Gasteiger partial charge in [-0.05, 0) is 30.7 Å². The minimum Gasteiger partial charge on any atom is -0.369 e. The fourth-order valence-corrected chi connectivity index (χ4v) is 4.11. The van der Waals surface area contributed by atoms with Gasteiger partial charge in [0.05, 0.1) is 5.52 Å². The Kier molecular flexibility index (Phi) is 3.57. The molecule has 29 heavy (non-hydrogen) atoms. The highest BCUT2D eigenvalue weighted by Gasteiger charge is 2.66. The van der Waals surface area contributed by atoms with Crippen molar-refractivity contribution in [2.24, 2.45) is 11.7 Å². The Bertz CT molecular complexity index is 1250. The second-order valence-electron chi connectivity index (χ2n) is 7.53. The van der Waals surface area contributed by atoms with Gasteiger partial charge in [-0.1, -0.05) is 30.0 Å². The van der Waals surface area contributed by atoms with E-state index < -0.39 is 11.5 Å². The number of hydrogen-bond donors (Lipinski definition) is 2. The molecule has 1 unspecified atom stereocenters. The van der Waals surface area contributed by atoms with Gasteiger partial charge in [0.1, 0.15) is 5.82 Å². The van der Waals surface area contributed by atoms with Crippen LogP contribution in [0.3, 0.4) is 0 Å². The molecule has 1 aromatic carbocycles. The minimum absolute atomic E-state index is 0.0941. The summed E-state index contributed by atoms with van der Waals surface area (Å²) in [6, 6.07) is 12.8. The van der Waals surface area contributed by atoms with Gasteiger partial charge in [-0.3, -0.25) is 14.0 Å². The fourth-order valence-electron chi connectivity index (χ4n) is 4.11. The van der Waals surface area contributed by atoms with Gasteiger partial charge < -0.3 is 15.7 Å². The first kappa shape index (κ1) is 17.5. The number of fused-ring (bicyclic) bond motifs is 2. The van der Waals surface area contributed by atoms with E-state index in [9.17, 15) is 14.7 Å². The maximum Gasteiger partial charge on any atom is 0.269 e. The smallest absolute Gasteiger partial charge is 0.269 e. The average Bonchev–Trinajstić information content (AvgIpc) is 3.40. The quantitative estimate of drug-likeness (QED) is 0.643. The van der Waals surface area contributed by atoms with Crippen molar-refractivity contribution in [3.05, 3.63) is 59.9 Å². The number of pyridine rings is 1. The molecule has 2 fully saturated rings. The molecule has 3 aromatic rings. The van der Waals surface area contributed by atoms with Crippen LogP contribution in [0, 0.1) is 17.8 Å². The highest BCUT2D eigenvalue weighted by atomic mass is 16.3. The molecule has 2 aliphatic rings. The maximum absolute atomic E-state index is 12.3. The Morgan fingerprint density at radius 1 is 1.31 bits per heavy atom. The van der Waals surface area contributed by atoms with E-state index in [1.807, 2.05) is 36.5 Å². The number of likely N-dealkylation sites (N-methyl/N-ethyl adjacent to an activating group) is 1. The van der Waals surface area contributed by atoms with Crippen LogP contribution in [0.5, 0.6) is 0 Å². The third kappa shape index (κ3) is 2.53. The first-order chi connectivity index (χ1) is 13.9. The summed E-state index contributed by atoms with van der Waals surface area (Å²) in [6.07, 6.45) is 2.59. The summed E-state index contributed by atoms with van der Waals surface area (Å²) in [6.45, 7) is 0. The van der Waals surface area contributed by atoms with Gasteiger partial charge in [0.2, 0.25) is 5.60 Å². The van der Waals surface area contributed by atoms with E-state index >= 15 is 0 Å². The maximum atomic E-state index is 12.3. The number of nitrogens with two attached hydrogens (primary N) is 1. The third-order valence-electron chi connectivity index (χ3n) is 5.74.